The Kier molecular flexibility index (Phi) is 5.46. The Morgan fingerprint density at radius 2 is 1.94 bits per heavy atom. The number of nitro groups is 1. The van der Waals surface area contributed by atoms with Crippen LogP contribution in [0.2, 0.25) is 0 Å². The van der Waals surface area contributed by atoms with Crippen molar-refractivity contribution in [1.82, 2.24) is 4.90 Å². The molecule has 162 valence electrons. The van der Waals surface area contributed by atoms with E-state index in [1.165, 1.54) is 36.5 Å². The van der Waals surface area contributed by atoms with Crippen LogP contribution in [0.15, 0.2) is 76.9 Å². The average Bonchev–Trinajstić information content (AvgIpc) is 3.42. The Bertz CT molecular complexity index is 1230. The standard InChI is InChI=1S/C23H18N2O7/c1-31-17-9-3-2-6-15(17)13-24-20(18-10-5-11-32-18)19(22(27)23(24)28)21(26)14-7-4-8-16(12-14)25(29)30/h2-12,20,26H,13H2,1H3/b21-19-. The van der Waals surface area contributed by atoms with Gasteiger partial charge >= 0.3 is 0 Å². The van der Waals surface area contributed by atoms with Crippen molar-refractivity contribution < 1.29 is 28.8 Å². The maximum absolute atomic E-state index is 13.0. The number of ether oxygens (including phenoxy) is 1. The quantitative estimate of drug-likeness (QED) is 0.206. The minimum atomic E-state index is -1.02. The zero-order valence-corrected chi connectivity index (χ0v) is 16.9. The number of nitrogens with zero attached hydrogens (tertiary/aromatic N) is 2. The maximum atomic E-state index is 13.0. The second kappa shape index (κ2) is 8.38. The number of carbonyl (C=O) groups is 2. The Morgan fingerprint density at radius 3 is 2.62 bits per heavy atom. The van der Waals surface area contributed by atoms with Gasteiger partial charge < -0.3 is 19.2 Å². The van der Waals surface area contributed by atoms with Gasteiger partial charge in [0.05, 0.1) is 30.4 Å². The van der Waals surface area contributed by atoms with Gasteiger partial charge in [0.2, 0.25) is 0 Å². The number of aliphatic hydroxyl groups excluding tert-OH is 1. The molecule has 2 aromatic carbocycles. The number of non-ortho nitro benzene ring substituents is 1. The molecule has 0 bridgehead atoms. The van der Waals surface area contributed by atoms with Gasteiger partial charge in [-0.1, -0.05) is 30.3 Å². The molecule has 9 nitrogen and oxygen atoms in total. The summed E-state index contributed by atoms with van der Waals surface area (Å²) in [6.07, 6.45) is 1.39. The molecule has 1 fully saturated rings. The number of ketones is 1. The van der Waals surface area contributed by atoms with Gasteiger partial charge in [-0.3, -0.25) is 19.7 Å². The molecule has 32 heavy (non-hydrogen) atoms. The number of aliphatic hydroxyl groups is 1. The molecule has 1 amide bonds. The Hall–Kier alpha value is -4.40. The Balaban J connectivity index is 1.84. The highest BCUT2D eigenvalue weighted by Crippen LogP contribution is 2.41. The van der Waals surface area contributed by atoms with Crippen molar-refractivity contribution >= 4 is 23.1 Å². The van der Waals surface area contributed by atoms with Crippen molar-refractivity contribution in [2.45, 2.75) is 12.6 Å². The number of Topliss-reactive ketones (excluding diaryl/α,β-unsaturated/α-hetero) is 1. The van der Waals surface area contributed by atoms with Crippen molar-refractivity contribution in [3.05, 3.63) is 99.5 Å². The minimum Gasteiger partial charge on any atom is -0.507 e. The number of methoxy groups -OCH3 is 1. The van der Waals surface area contributed by atoms with E-state index in [9.17, 15) is 24.8 Å². The third-order valence-electron chi connectivity index (χ3n) is 5.22. The van der Waals surface area contributed by atoms with E-state index in [-0.39, 0.29) is 29.1 Å². The molecule has 2 heterocycles. The van der Waals surface area contributed by atoms with Gasteiger partial charge in [0, 0.05) is 23.3 Å². The molecule has 4 rings (SSSR count). The van der Waals surface area contributed by atoms with E-state index in [2.05, 4.69) is 0 Å². The van der Waals surface area contributed by atoms with Crippen molar-refractivity contribution in [3.8, 4) is 5.75 Å². The van der Waals surface area contributed by atoms with E-state index in [1.807, 2.05) is 0 Å². The van der Waals surface area contributed by atoms with Crippen LogP contribution in [-0.2, 0) is 16.1 Å². The SMILES string of the molecule is COc1ccccc1CN1C(=O)C(=O)/C(=C(\O)c2cccc([N+](=O)[O-])c2)C1c1ccco1. The highest BCUT2D eigenvalue weighted by molar-refractivity contribution is 6.46. The molecule has 1 aromatic heterocycles. The molecular weight excluding hydrogens is 416 g/mol. The second-order valence-corrected chi connectivity index (χ2v) is 7.06. The van der Waals surface area contributed by atoms with Crippen molar-refractivity contribution in [3.63, 3.8) is 0 Å². The summed E-state index contributed by atoms with van der Waals surface area (Å²) < 4.78 is 10.8. The van der Waals surface area contributed by atoms with Crippen LogP contribution in [0.4, 0.5) is 5.69 Å². The van der Waals surface area contributed by atoms with E-state index in [1.54, 1.807) is 36.4 Å². The summed E-state index contributed by atoms with van der Waals surface area (Å²) >= 11 is 0. The van der Waals surface area contributed by atoms with Gasteiger partial charge in [0.25, 0.3) is 17.4 Å². The molecule has 3 aromatic rings. The number of carbonyl (C=O) groups excluding carboxylic acids is 2. The summed E-state index contributed by atoms with van der Waals surface area (Å²) in [4.78, 5) is 37.8. The van der Waals surface area contributed by atoms with Crippen LogP contribution in [0.1, 0.15) is 22.9 Å². The molecule has 1 aliphatic heterocycles. The molecule has 1 atom stereocenters. The van der Waals surface area contributed by atoms with E-state index in [0.29, 0.717) is 11.3 Å². The third-order valence-corrected chi connectivity index (χ3v) is 5.22. The number of amides is 1. The number of furan rings is 1. The van der Waals surface area contributed by atoms with Gasteiger partial charge in [-0.05, 0) is 18.2 Å². The summed E-state index contributed by atoms with van der Waals surface area (Å²) in [7, 11) is 1.50. The van der Waals surface area contributed by atoms with E-state index < -0.39 is 28.4 Å². The van der Waals surface area contributed by atoms with E-state index in [0.717, 1.165) is 6.07 Å². The Morgan fingerprint density at radius 1 is 1.16 bits per heavy atom. The Labute approximate surface area is 182 Å². The lowest BCUT2D eigenvalue weighted by molar-refractivity contribution is -0.384. The molecule has 1 N–H and O–H groups in total. The van der Waals surface area contributed by atoms with E-state index in [4.69, 9.17) is 9.15 Å². The molecule has 0 spiro atoms. The summed E-state index contributed by atoms with van der Waals surface area (Å²) in [5.74, 6) is -1.46. The number of nitro benzene ring substituents is 1. The maximum Gasteiger partial charge on any atom is 0.296 e. The molecule has 1 saturated heterocycles. The van der Waals surface area contributed by atoms with Crippen LogP contribution in [0.25, 0.3) is 5.76 Å². The van der Waals surface area contributed by atoms with Crippen LogP contribution < -0.4 is 4.74 Å². The van der Waals surface area contributed by atoms with Crippen LogP contribution in [0, 0.1) is 10.1 Å². The lowest BCUT2D eigenvalue weighted by atomic mass is 9.99. The summed E-state index contributed by atoms with van der Waals surface area (Å²) in [6.45, 7) is 0.0195. The fourth-order valence-corrected chi connectivity index (χ4v) is 3.73. The predicted molar refractivity (Wildman–Crippen MR) is 113 cm³/mol. The highest BCUT2D eigenvalue weighted by atomic mass is 16.6. The second-order valence-electron chi connectivity index (χ2n) is 7.06. The highest BCUT2D eigenvalue weighted by Gasteiger charge is 2.47. The number of para-hydroxylation sites is 1. The van der Waals surface area contributed by atoms with Crippen molar-refractivity contribution in [2.75, 3.05) is 7.11 Å². The fourth-order valence-electron chi connectivity index (χ4n) is 3.73. The van der Waals surface area contributed by atoms with Crippen LogP contribution in [0.3, 0.4) is 0 Å². The summed E-state index contributed by atoms with van der Waals surface area (Å²) in [5.41, 5.74) is 0.238. The third kappa shape index (κ3) is 3.60. The van der Waals surface area contributed by atoms with Gasteiger partial charge in [-0.25, -0.2) is 0 Å². The molecule has 0 saturated carbocycles. The first-order valence-electron chi connectivity index (χ1n) is 9.61. The summed E-state index contributed by atoms with van der Waals surface area (Å²) in [5, 5.41) is 22.1. The van der Waals surface area contributed by atoms with Crippen LogP contribution >= 0.6 is 0 Å². The first kappa shape index (κ1) is 20.9. The van der Waals surface area contributed by atoms with Crippen LogP contribution in [0.5, 0.6) is 5.75 Å². The number of rotatable bonds is 6. The molecule has 1 unspecified atom stereocenters. The van der Waals surface area contributed by atoms with Gasteiger partial charge in [0.15, 0.2) is 0 Å². The predicted octanol–water partition coefficient (Wildman–Crippen LogP) is 3.82. The zero-order chi connectivity index (χ0) is 22.8. The van der Waals surface area contributed by atoms with Gasteiger partial charge in [-0.15, -0.1) is 0 Å². The first-order chi connectivity index (χ1) is 15.4. The number of benzene rings is 2. The van der Waals surface area contributed by atoms with Crippen molar-refractivity contribution in [2.24, 2.45) is 0 Å². The number of hydrogen-bond donors (Lipinski definition) is 1. The smallest absolute Gasteiger partial charge is 0.296 e. The fraction of sp³-hybridized carbons (Fsp3) is 0.130. The first-order valence-corrected chi connectivity index (χ1v) is 9.61. The molecular formula is C23H18N2O7. The zero-order valence-electron chi connectivity index (χ0n) is 16.9. The van der Waals surface area contributed by atoms with Gasteiger partial charge in [0.1, 0.15) is 23.3 Å². The number of likely N-dealkylation sites (tertiary alicyclic amines) is 1. The average molecular weight is 434 g/mol. The largest absolute Gasteiger partial charge is 0.507 e. The molecule has 0 aliphatic carbocycles. The lowest BCUT2D eigenvalue weighted by Gasteiger charge is -2.24. The minimum absolute atomic E-state index is 0.0195. The normalized spacial score (nSPS) is 17.5. The number of hydrogen-bond acceptors (Lipinski definition) is 7. The van der Waals surface area contributed by atoms with Crippen molar-refractivity contribution in [1.29, 1.82) is 0 Å². The van der Waals surface area contributed by atoms with Gasteiger partial charge in [-0.2, -0.15) is 0 Å². The molecule has 9 heteroatoms. The van der Waals surface area contributed by atoms with Crippen LogP contribution in [-0.4, -0.2) is 33.7 Å². The molecule has 1 aliphatic rings. The topological polar surface area (TPSA) is 123 Å². The monoisotopic (exact) mass is 434 g/mol. The lowest BCUT2D eigenvalue weighted by Crippen LogP contribution is -2.29. The molecule has 0 radical (unpaired) electrons. The van der Waals surface area contributed by atoms with E-state index >= 15 is 0 Å². The summed E-state index contributed by atoms with van der Waals surface area (Å²) in [6, 6.07) is 14.4.